The van der Waals surface area contributed by atoms with Gasteiger partial charge in [-0.3, -0.25) is 14.3 Å². The third-order valence-electron chi connectivity index (χ3n) is 8.20. The molecule has 0 aliphatic carbocycles. The van der Waals surface area contributed by atoms with E-state index in [0.29, 0.717) is 28.5 Å². The second kappa shape index (κ2) is 12.0. The Kier molecular flexibility index (Phi) is 7.62. The Hall–Kier alpha value is -5.25. The number of benzene rings is 3. The standard InChI is InChI=1S/C35H30ClN7O2/c36-26-7-5-24(6-8-26)30-12-13-31-35(39-30)43(34(40-31)29-2-1-15-38-33(29)37)27-9-3-23(4-10-27)21-41-16-18-42(19-17-41)28-11-14-32(45)25(20-28)22-44/h1-15,20,22,45H,16-19,21H2,(H2,37,38). The van der Waals surface area contributed by atoms with Gasteiger partial charge < -0.3 is 15.7 Å². The van der Waals surface area contributed by atoms with E-state index in [1.807, 2.05) is 59.2 Å². The van der Waals surface area contributed by atoms with Crippen molar-refractivity contribution in [2.45, 2.75) is 6.54 Å². The van der Waals surface area contributed by atoms with Gasteiger partial charge in [-0.2, -0.15) is 0 Å². The summed E-state index contributed by atoms with van der Waals surface area (Å²) < 4.78 is 2.04. The van der Waals surface area contributed by atoms with Crippen LogP contribution in [-0.4, -0.2) is 62.0 Å². The molecule has 0 atom stereocenters. The molecule has 9 nitrogen and oxygen atoms in total. The Morgan fingerprint density at radius 1 is 0.867 bits per heavy atom. The zero-order valence-electron chi connectivity index (χ0n) is 24.3. The molecule has 3 N–H and O–H groups in total. The van der Waals surface area contributed by atoms with Crippen molar-refractivity contribution in [3.05, 3.63) is 113 Å². The van der Waals surface area contributed by atoms with Crippen molar-refractivity contribution in [1.82, 2.24) is 24.4 Å². The maximum atomic E-state index is 11.3. The largest absolute Gasteiger partial charge is 0.507 e. The first kappa shape index (κ1) is 28.5. The Balaban J connectivity index is 1.16. The Bertz CT molecular complexity index is 2000. The van der Waals surface area contributed by atoms with Crippen molar-refractivity contribution in [3.8, 4) is 34.1 Å². The van der Waals surface area contributed by atoms with Gasteiger partial charge in [0.25, 0.3) is 0 Å². The molecule has 4 heterocycles. The highest BCUT2D eigenvalue weighted by Gasteiger charge is 2.21. The van der Waals surface area contributed by atoms with Gasteiger partial charge in [0, 0.05) is 60.9 Å². The minimum atomic E-state index is 0.00771. The molecule has 0 bridgehead atoms. The van der Waals surface area contributed by atoms with Gasteiger partial charge in [-0.25, -0.2) is 15.0 Å². The third kappa shape index (κ3) is 5.71. The van der Waals surface area contributed by atoms with Crippen LogP contribution in [0.15, 0.2) is 97.2 Å². The predicted molar refractivity (Wildman–Crippen MR) is 178 cm³/mol. The van der Waals surface area contributed by atoms with Gasteiger partial charge in [-0.15, -0.1) is 0 Å². The van der Waals surface area contributed by atoms with E-state index in [2.05, 4.69) is 39.0 Å². The number of pyridine rings is 2. The number of phenolic OH excluding ortho intramolecular Hbond substituents is 1. The molecule has 1 saturated heterocycles. The number of aldehydes is 1. The molecule has 0 radical (unpaired) electrons. The summed E-state index contributed by atoms with van der Waals surface area (Å²) in [5.74, 6) is 1.08. The number of piperazine rings is 1. The van der Waals surface area contributed by atoms with Crippen molar-refractivity contribution >= 4 is 40.6 Å². The van der Waals surface area contributed by atoms with Gasteiger partial charge in [0.1, 0.15) is 17.1 Å². The smallest absolute Gasteiger partial charge is 0.165 e. The number of nitrogen functional groups attached to an aromatic ring is 1. The number of carbonyl (C=O) groups excluding carboxylic acids is 1. The van der Waals surface area contributed by atoms with Gasteiger partial charge in [-0.05, 0) is 72.3 Å². The van der Waals surface area contributed by atoms with Crippen molar-refractivity contribution < 1.29 is 9.90 Å². The van der Waals surface area contributed by atoms with E-state index >= 15 is 0 Å². The summed E-state index contributed by atoms with van der Waals surface area (Å²) in [6, 6.07) is 29.0. The highest BCUT2D eigenvalue weighted by molar-refractivity contribution is 6.30. The molecule has 0 saturated carbocycles. The van der Waals surface area contributed by atoms with E-state index in [0.717, 1.165) is 72.1 Å². The van der Waals surface area contributed by atoms with E-state index in [4.69, 9.17) is 27.3 Å². The zero-order valence-corrected chi connectivity index (χ0v) is 25.1. The highest BCUT2D eigenvalue weighted by atomic mass is 35.5. The molecule has 1 fully saturated rings. The highest BCUT2D eigenvalue weighted by Crippen LogP contribution is 2.32. The summed E-state index contributed by atoms with van der Waals surface area (Å²) in [6.45, 7) is 4.24. The normalized spacial score (nSPS) is 13.8. The number of hydrogen-bond acceptors (Lipinski definition) is 8. The number of nitrogens with two attached hydrogens (primary N) is 1. The molecule has 1 aliphatic heterocycles. The lowest BCUT2D eigenvalue weighted by molar-refractivity contribution is 0.112. The van der Waals surface area contributed by atoms with Gasteiger partial charge in [0.05, 0.1) is 16.8 Å². The van der Waals surface area contributed by atoms with Crippen LogP contribution in [0.5, 0.6) is 5.75 Å². The monoisotopic (exact) mass is 615 g/mol. The summed E-state index contributed by atoms with van der Waals surface area (Å²) >= 11 is 6.13. The first-order chi connectivity index (χ1) is 22.0. The second-order valence-corrected chi connectivity index (χ2v) is 11.5. The summed E-state index contributed by atoms with van der Waals surface area (Å²) in [4.78, 5) is 30.2. The van der Waals surface area contributed by atoms with Crippen molar-refractivity contribution in [2.24, 2.45) is 0 Å². The van der Waals surface area contributed by atoms with Crippen LogP contribution in [0.2, 0.25) is 5.02 Å². The Labute approximate surface area is 265 Å². The third-order valence-corrected chi connectivity index (χ3v) is 8.45. The lowest BCUT2D eigenvalue weighted by atomic mass is 10.1. The lowest BCUT2D eigenvalue weighted by Gasteiger charge is -2.36. The van der Waals surface area contributed by atoms with Gasteiger partial charge in [-0.1, -0.05) is 35.9 Å². The van der Waals surface area contributed by atoms with Crippen molar-refractivity contribution in [3.63, 3.8) is 0 Å². The fourth-order valence-electron chi connectivity index (χ4n) is 5.78. The van der Waals surface area contributed by atoms with Gasteiger partial charge in [0.15, 0.2) is 17.8 Å². The summed E-state index contributed by atoms with van der Waals surface area (Å²) in [7, 11) is 0. The van der Waals surface area contributed by atoms with Crippen LogP contribution in [0.25, 0.3) is 39.5 Å². The molecule has 0 spiro atoms. The number of nitrogens with zero attached hydrogens (tertiary/aromatic N) is 6. The number of imidazole rings is 1. The van der Waals surface area contributed by atoms with Gasteiger partial charge >= 0.3 is 0 Å². The molecular weight excluding hydrogens is 586 g/mol. The molecule has 3 aromatic carbocycles. The maximum absolute atomic E-state index is 11.3. The predicted octanol–water partition coefficient (Wildman–Crippen LogP) is 6.23. The first-order valence-electron chi connectivity index (χ1n) is 14.7. The van der Waals surface area contributed by atoms with E-state index < -0.39 is 0 Å². The summed E-state index contributed by atoms with van der Waals surface area (Å²) in [5.41, 5.74) is 13.7. The fourth-order valence-corrected chi connectivity index (χ4v) is 5.90. The van der Waals surface area contributed by atoms with Crippen molar-refractivity contribution in [2.75, 3.05) is 36.8 Å². The lowest BCUT2D eigenvalue weighted by Crippen LogP contribution is -2.46. The number of hydrogen-bond donors (Lipinski definition) is 2. The zero-order chi connectivity index (χ0) is 30.9. The maximum Gasteiger partial charge on any atom is 0.165 e. The second-order valence-electron chi connectivity index (χ2n) is 11.0. The molecule has 6 aromatic rings. The molecule has 45 heavy (non-hydrogen) atoms. The topological polar surface area (TPSA) is 113 Å². The number of anilines is 2. The number of aromatic nitrogens is 4. The molecule has 10 heteroatoms. The molecular formula is C35H30ClN7O2. The molecule has 7 rings (SSSR count). The van der Waals surface area contributed by atoms with E-state index in [-0.39, 0.29) is 5.75 Å². The van der Waals surface area contributed by atoms with Crippen LogP contribution in [-0.2, 0) is 6.54 Å². The van der Waals surface area contributed by atoms with Gasteiger partial charge in [0.2, 0.25) is 0 Å². The van der Waals surface area contributed by atoms with Crippen LogP contribution >= 0.6 is 11.6 Å². The number of halogens is 1. The molecule has 0 amide bonds. The van der Waals surface area contributed by atoms with Crippen LogP contribution in [0.4, 0.5) is 11.5 Å². The minimum absolute atomic E-state index is 0.00771. The summed E-state index contributed by atoms with van der Waals surface area (Å²) in [6.07, 6.45) is 2.36. The van der Waals surface area contributed by atoms with E-state index in [1.165, 1.54) is 5.56 Å². The Morgan fingerprint density at radius 3 is 2.36 bits per heavy atom. The molecule has 3 aromatic heterocycles. The van der Waals surface area contributed by atoms with Crippen LogP contribution < -0.4 is 10.6 Å². The van der Waals surface area contributed by atoms with E-state index in [1.54, 1.807) is 18.3 Å². The average molecular weight is 616 g/mol. The number of carbonyl (C=O) groups is 1. The average Bonchev–Trinajstić information content (AvgIpc) is 3.45. The fraction of sp³-hybridized carbons (Fsp3) is 0.143. The SMILES string of the molecule is Nc1ncccc1-c1nc2ccc(-c3ccc(Cl)cc3)nc2n1-c1ccc(CN2CCN(c3ccc(O)c(C=O)c3)CC2)cc1. The first-order valence-corrected chi connectivity index (χ1v) is 15.1. The molecule has 224 valence electrons. The Morgan fingerprint density at radius 2 is 1.62 bits per heavy atom. The quantitative estimate of drug-likeness (QED) is 0.203. The number of phenols is 1. The molecule has 0 unspecified atom stereocenters. The van der Waals surface area contributed by atoms with Crippen LogP contribution in [0.3, 0.4) is 0 Å². The minimum Gasteiger partial charge on any atom is -0.507 e. The van der Waals surface area contributed by atoms with Crippen LogP contribution in [0.1, 0.15) is 15.9 Å². The van der Waals surface area contributed by atoms with E-state index in [9.17, 15) is 9.90 Å². The molecule has 1 aliphatic rings. The van der Waals surface area contributed by atoms with Crippen molar-refractivity contribution in [1.29, 1.82) is 0 Å². The van der Waals surface area contributed by atoms with Crippen LogP contribution in [0, 0.1) is 0 Å². The summed E-state index contributed by atoms with van der Waals surface area (Å²) in [5, 5.41) is 10.5. The number of rotatable bonds is 7. The number of fused-ring (bicyclic) bond motifs is 1. The number of aromatic hydroxyl groups is 1.